The van der Waals surface area contributed by atoms with Crippen LogP contribution in [0.1, 0.15) is 32.4 Å². The van der Waals surface area contributed by atoms with Crippen LogP contribution < -0.4 is 10.6 Å². The van der Waals surface area contributed by atoms with Crippen molar-refractivity contribution in [3.05, 3.63) is 88.4 Å². The molecule has 0 spiro atoms. The van der Waals surface area contributed by atoms with E-state index in [0.29, 0.717) is 30.2 Å². The summed E-state index contributed by atoms with van der Waals surface area (Å²) in [6, 6.07) is 18.8. The van der Waals surface area contributed by atoms with E-state index in [2.05, 4.69) is 10.6 Å². The first kappa shape index (κ1) is 23.3. The number of anilines is 1. The van der Waals surface area contributed by atoms with E-state index in [0.717, 1.165) is 16.8 Å². The molecule has 0 aliphatic rings. The van der Waals surface area contributed by atoms with E-state index in [9.17, 15) is 24.9 Å². The number of benzene rings is 3. The molecule has 0 fully saturated rings. The number of carboxylic acid groups (broad SMARTS) is 2. The lowest BCUT2D eigenvalue weighted by atomic mass is 9.98. The number of carbonyl (C=O) groups is 2. The number of rotatable bonds is 10. The van der Waals surface area contributed by atoms with Gasteiger partial charge in [0.25, 0.3) is 0 Å². The van der Waals surface area contributed by atoms with Crippen LogP contribution in [0.4, 0.5) is 5.69 Å². The fourth-order valence-electron chi connectivity index (χ4n) is 3.26. The van der Waals surface area contributed by atoms with Crippen molar-refractivity contribution in [3.8, 4) is 11.1 Å². The van der Waals surface area contributed by atoms with Crippen molar-refractivity contribution in [2.75, 3.05) is 25.0 Å². The van der Waals surface area contributed by atoms with E-state index in [1.54, 1.807) is 24.3 Å². The van der Waals surface area contributed by atoms with Gasteiger partial charge in [-0.25, -0.2) is 9.59 Å². The first-order valence-corrected chi connectivity index (χ1v) is 10.3. The van der Waals surface area contributed by atoms with Crippen LogP contribution in [-0.4, -0.2) is 46.9 Å². The molecule has 0 bridgehead atoms. The van der Waals surface area contributed by atoms with Crippen molar-refractivity contribution >= 4 is 29.2 Å². The highest BCUT2D eigenvalue weighted by molar-refractivity contribution is 6.30. The number of carboxylic acids is 2. The Bertz CT molecular complexity index is 1120. The van der Waals surface area contributed by atoms with Crippen molar-refractivity contribution in [3.63, 3.8) is 0 Å². The predicted octanol–water partition coefficient (Wildman–Crippen LogP) is 4.14. The number of aromatic carboxylic acids is 2. The van der Waals surface area contributed by atoms with Gasteiger partial charge in [-0.15, -0.1) is 0 Å². The molecule has 0 aromatic heterocycles. The standard InChI is InChI=1S/C24H23ClN2O5/c25-18-5-1-4-17(11-18)22(28)14-26-9-10-27-19-6-2-3-15(12-19)16-7-8-20(23(29)30)21(13-16)24(31)32/h1-8,11-13,22,26-28H,9-10,14H2,(H,29,30)(H,31,32). The fourth-order valence-corrected chi connectivity index (χ4v) is 3.46. The third-order valence-electron chi connectivity index (χ3n) is 4.88. The minimum Gasteiger partial charge on any atom is -0.478 e. The summed E-state index contributed by atoms with van der Waals surface area (Å²) in [6.07, 6.45) is -0.658. The van der Waals surface area contributed by atoms with Crippen molar-refractivity contribution in [2.24, 2.45) is 0 Å². The fraction of sp³-hybridized carbons (Fsp3) is 0.167. The zero-order valence-electron chi connectivity index (χ0n) is 17.1. The minimum atomic E-state index is -1.29. The molecule has 1 unspecified atom stereocenters. The molecule has 8 heteroatoms. The number of aliphatic hydroxyl groups is 1. The average Bonchev–Trinajstić information content (AvgIpc) is 2.78. The monoisotopic (exact) mass is 454 g/mol. The minimum absolute atomic E-state index is 0.249. The number of aliphatic hydroxyl groups excluding tert-OH is 1. The summed E-state index contributed by atoms with van der Waals surface area (Å²) in [5.41, 5.74) is 2.45. The molecule has 7 nitrogen and oxygen atoms in total. The van der Waals surface area contributed by atoms with Gasteiger partial charge in [-0.1, -0.05) is 41.9 Å². The van der Waals surface area contributed by atoms with E-state index < -0.39 is 18.0 Å². The summed E-state index contributed by atoms with van der Waals surface area (Å²) < 4.78 is 0. The Balaban J connectivity index is 1.57. The Morgan fingerprint density at radius 2 is 1.56 bits per heavy atom. The van der Waals surface area contributed by atoms with E-state index in [1.807, 2.05) is 30.3 Å². The van der Waals surface area contributed by atoms with Gasteiger partial charge in [0.15, 0.2) is 0 Å². The maximum atomic E-state index is 11.4. The second kappa shape index (κ2) is 10.8. The van der Waals surface area contributed by atoms with Crippen LogP contribution >= 0.6 is 11.6 Å². The van der Waals surface area contributed by atoms with Crippen LogP contribution in [0.3, 0.4) is 0 Å². The zero-order chi connectivity index (χ0) is 23.1. The summed E-state index contributed by atoms with van der Waals surface area (Å²) in [4.78, 5) is 22.7. The van der Waals surface area contributed by atoms with Crippen LogP contribution in [-0.2, 0) is 0 Å². The molecule has 0 saturated heterocycles. The van der Waals surface area contributed by atoms with Gasteiger partial charge in [0.2, 0.25) is 0 Å². The van der Waals surface area contributed by atoms with E-state index >= 15 is 0 Å². The number of halogens is 1. The third-order valence-corrected chi connectivity index (χ3v) is 5.11. The van der Waals surface area contributed by atoms with Gasteiger partial charge in [0.1, 0.15) is 0 Å². The number of hydrogen-bond donors (Lipinski definition) is 5. The van der Waals surface area contributed by atoms with Crippen molar-refractivity contribution in [1.82, 2.24) is 5.32 Å². The molecule has 0 aliphatic heterocycles. The quantitative estimate of drug-likeness (QED) is 0.292. The normalized spacial score (nSPS) is 11.7. The SMILES string of the molecule is O=C(O)c1ccc(-c2cccc(NCCNCC(O)c3cccc(Cl)c3)c2)cc1C(=O)O. The lowest BCUT2D eigenvalue weighted by molar-refractivity contribution is 0.0651. The Morgan fingerprint density at radius 1 is 0.844 bits per heavy atom. The first-order chi connectivity index (χ1) is 15.3. The highest BCUT2D eigenvalue weighted by Gasteiger charge is 2.17. The van der Waals surface area contributed by atoms with Gasteiger partial charge < -0.3 is 26.0 Å². The summed E-state index contributed by atoms with van der Waals surface area (Å²) in [7, 11) is 0. The summed E-state index contributed by atoms with van der Waals surface area (Å²) in [5.74, 6) is -2.57. The van der Waals surface area contributed by atoms with Crippen molar-refractivity contribution in [2.45, 2.75) is 6.10 Å². The molecule has 166 valence electrons. The molecule has 3 rings (SSSR count). The molecule has 0 radical (unpaired) electrons. The summed E-state index contributed by atoms with van der Waals surface area (Å²) >= 11 is 5.95. The van der Waals surface area contributed by atoms with Crippen LogP contribution in [0.5, 0.6) is 0 Å². The zero-order valence-corrected chi connectivity index (χ0v) is 17.8. The highest BCUT2D eigenvalue weighted by atomic mass is 35.5. The second-order valence-electron chi connectivity index (χ2n) is 7.15. The van der Waals surface area contributed by atoms with Gasteiger partial charge in [0.05, 0.1) is 17.2 Å². The number of hydrogen-bond acceptors (Lipinski definition) is 5. The number of nitrogens with one attached hydrogen (secondary N) is 2. The molecule has 32 heavy (non-hydrogen) atoms. The van der Waals surface area contributed by atoms with Gasteiger partial charge in [-0.2, -0.15) is 0 Å². The molecule has 5 N–H and O–H groups in total. The smallest absolute Gasteiger partial charge is 0.336 e. The van der Waals surface area contributed by atoms with Gasteiger partial charge in [-0.05, 0) is 53.1 Å². The molecule has 3 aromatic carbocycles. The van der Waals surface area contributed by atoms with Crippen LogP contribution in [0.2, 0.25) is 5.02 Å². The highest BCUT2D eigenvalue weighted by Crippen LogP contribution is 2.25. The Labute approximate surface area is 190 Å². The Hall–Kier alpha value is -3.39. The van der Waals surface area contributed by atoms with E-state index in [1.165, 1.54) is 12.1 Å². The van der Waals surface area contributed by atoms with E-state index in [4.69, 9.17) is 11.6 Å². The average molecular weight is 455 g/mol. The Morgan fingerprint density at radius 3 is 2.28 bits per heavy atom. The first-order valence-electron chi connectivity index (χ1n) is 9.94. The van der Waals surface area contributed by atoms with Crippen molar-refractivity contribution in [1.29, 1.82) is 0 Å². The van der Waals surface area contributed by atoms with Crippen LogP contribution in [0.15, 0.2) is 66.7 Å². The molecular formula is C24H23ClN2O5. The predicted molar refractivity (Wildman–Crippen MR) is 124 cm³/mol. The molecule has 0 heterocycles. The largest absolute Gasteiger partial charge is 0.478 e. The van der Waals surface area contributed by atoms with Gasteiger partial charge in [-0.3, -0.25) is 0 Å². The van der Waals surface area contributed by atoms with Crippen LogP contribution in [0, 0.1) is 0 Å². The molecule has 0 saturated carbocycles. The van der Waals surface area contributed by atoms with E-state index in [-0.39, 0.29) is 11.1 Å². The summed E-state index contributed by atoms with van der Waals surface area (Å²) in [6.45, 7) is 1.60. The topological polar surface area (TPSA) is 119 Å². The third kappa shape index (κ3) is 6.07. The summed E-state index contributed by atoms with van der Waals surface area (Å²) in [5, 5.41) is 35.7. The molecule has 3 aromatic rings. The lowest BCUT2D eigenvalue weighted by Crippen LogP contribution is -2.26. The van der Waals surface area contributed by atoms with Gasteiger partial charge >= 0.3 is 11.9 Å². The molecule has 1 atom stereocenters. The van der Waals surface area contributed by atoms with Crippen molar-refractivity contribution < 1.29 is 24.9 Å². The Kier molecular flexibility index (Phi) is 7.83. The lowest BCUT2D eigenvalue weighted by Gasteiger charge is -2.14. The molecule has 0 aliphatic carbocycles. The van der Waals surface area contributed by atoms with Crippen LogP contribution in [0.25, 0.3) is 11.1 Å². The maximum Gasteiger partial charge on any atom is 0.336 e. The molecular weight excluding hydrogens is 432 g/mol. The second-order valence-corrected chi connectivity index (χ2v) is 7.59. The molecule has 0 amide bonds. The maximum absolute atomic E-state index is 11.4. The van der Waals surface area contributed by atoms with Gasteiger partial charge in [0, 0.05) is 30.3 Å².